The first kappa shape index (κ1) is 13.6. The van der Waals surface area contributed by atoms with Crippen LogP contribution in [0.1, 0.15) is 16.1 Å². The van der Waals surface area contributed by atoms with Gasteiger partial charge in [-0.15, -0.1) is 11.3 Å². The van der Waals surface area contributed by atoms with Gasteiger partial charge in [-0.3, -0.25) is 0 Å². The summed E-state index contributed by atoms with van der Waals surface area (Å²) in [7, 11) is 1.34. The van der Waals surface area contributed by atoms with Crippen molar-refractivity contribution in [3.8, 4) is 5.75 Å². The number of fused-ring (bicyclic) bond motifs is 1. The topological polar surface area (TPSA) is 48.4 Å². The van der Waals surface area contributed by atoms with Crippen LogP contribution in [0.4, 0.5) is 0 Å². The molecule has 1 aromatic carbocycles. The SMILES string of the molecule is COC(=O)c1ncc2ccsc2c1OCc1ccccc1. The van der Waals surface area contributed by atoms with Crippen molar-refractivity contribution in [1.82, 2.24) is 4.98 Å². The number of carbonyl (C=O) groups excluding carboxylic acids is 1. The molecule has 21 heavy (non-hydrogen) atoms. The molecule has 3 aromatic rings. The van der Waals surface area contributed by atoms with Crippen molar-refractivity contribution < 1.29 is 14.3 Å². The Bertz CT molecular complexity index is 768. The lowest BCUT2D eigenvalue weighted by Gasteiger charge is -2.10. The number of pyridine rings is 1. The molecule has 0 aliphatic carbocycles. The van der Waals surface area contributed by atoms with Gasteiger partial charge in [0.25, 0.3) is 0 Å². The largest absolute Gasteiger partial charge is 0.485 e. The Labute approximate surface area is 126 Å². The highest BCUT2D eigenvalue weighted by Crippen LogP contribution is 2.33. The highest BCUT2D eigenvalue weighted by atomic mass is 32.1. The second kappa shape index (κ2) is 5.93. The standard InChI is InChI=1S/C16H13NO3S/c1-19-16(18)13-14(15-12(9-17-13)7-8-21-15)20-10-11-5-3-2-4-6-11/h2-9H,10H2,1H3. The maximum absolute atomic E-state index is 11.9. The molecular formula is C16H13NO3S. The molecule has 0 saturated carbocycles. The van der Waals surface area contributed by atoms with Crippen LogP contribution in [0.2, 0.25) is 0 Å². The lowest BCUT2D eigenvalue weighted by molar-refractivity contribution is 0.0589. The summed E-state index contributed by atoms with van der Waals surface area (Å²) < 4.78 is 11.5. The number of methoxy groups -OCH3 is 1. The average Bonchev–Trinajstić information content (AvgIpc) is 3.01. The molecule has 0 amide bonds. The number of benzene rings is 1. The predicted molar refractivity (Wildman–Crippen MR) is 81.7 cm³/mol. The number of aromatic nitrogens is 1. The van der Waals surface area contributed by atoms with Crippen LogP contribution >= 0.6 is 11.3 Å². The van der Waals surface area contributed by atoms with Crippen LogP contribution in [0.15, 0.2) is 48.0 Å². The van der Waals surface area contributed by atoms with E-state index in [0.29, 0.717) is 12.4 Å². The molecule has 0 aliphatic rings. The van der Waals surface area contributed by atoms with Crippen molar-refractivity contribution >= 4 is 27.4 Å². The van der Waals surface area contributed by atoms with Gasteiger partial charge in [0.15, 0.2) is 11.4 Å². The number of nitrogens with zero attached hydrogens (tertiary/aromatic N) is 1. The lowest BCUT2D eigenvalue weighted by Crippen LogP contribution is -2.08. The summed E-state index contributed by atoms with van der Waals surface area (Å²) in [6.45, 7) is 0.378. The van der Waals surface area contributed by atoms with Gasteiger partial charge < -0.3 is 9.47 Å². The van der Waals surface area contributed by atoms with Gasteiger partial charge in [0, 0.05) is 11.6 Å². The summed E-state index contributed by atoms with van der Waals surface area (Å²) in [6.07, 6.45) is 1.66. The molecule has 2 aromatic heterocycles. The number of ether oxygens (including phenoxy) is 2. The van der Waals surface area contributed by atoms with Crippen LogP contribution in [0.25, 0.3) is 10.1 Å². The molecule has 0 bridgehead atoms. The zero-order valence-electron chi connectivity index (χ0n) is 11.4. The molecule has 0 unspecified atom stereocenters. The molecule has 0 fully saturated rings. The normalized spacial score (nSPS) is 10.5. The number of hydrogen-bond donors (Lipinski definition) is 0. The average molecular weight is 299 g/mol. The van der Waals surface area contributed by atoms with Crippen LogP contribution < -0.4 is 4.74 Å². The number of thiophene rings is 1. The van der Waals surface area contributed by atoms with E-state index in [9.17, 15) is 4.79 Å². The maximum Gasteiger partial charge on any atom is 0.360 e. The van der Waals surface area contributed by atoms with Crippen molar-refractivity contribution in [3.63, 3.8) is 0 Å². The minimum absolute atomic E-state index is 0.211. The number of hydrogen-bond acceptors (Lipinski definition) is 5. The fourth-order valence-electron chi connectivity index (χ4n) is 2.01. The van der Waals surface area contributed by atoms with Crippen LogP contribution in [-0.4, -0.2) is 18.1 Å². The van der Waals surface area contributed by atoms with Crippen LogP contribution in [-0.2, 0) is 11.3 Å². The van der Waals surface area contributed by atoms with Crippen molar-refractivity contribution in [2.75, 3.05) is 7.11 Å². The highest BCUT2D eigenvalue weighted by molar-refractivity contribution is 7.17. The molecule has 5 heteroatoms. The van der Waals surface area contributed by atoms with E-state index in [-0.39, 0.29) is 5.69 Å². The lowest BCUT2D eigenvalue weighted by atomic mass is 10.2. The number of rotatable bonds is 4. The van der Waals surface area contributed by atoms with Gasteiger partial charge in [-0.25, -0.2) is 9.78 Å². The van der Waals surface area contributed by atoms with Crippen LogP contribution in [0.3, 0.4) is 0 Å². The smallest absolute Gasteiger partial charge is 0.360 e. The molecule has 4 nitrogen and oxygen atoms in total. The van der Waals surface area contributed by atoms with Crippen molar-refractivity contribution in [1.29, 1.82) is 0 Å². The van der Waals surface area contributed by atoms with E-state index in [0.717, 1.165) is 15.6 Å². The number of carbonyl (C=O) groups is 1. The van der Waals surface area contributed by atoms with Gasteiger partial charge in [0.05, 0.1) is 11.8 Å². The molecule has 3 rings (SSSR count). The van der Waals surface area contributed by atoms with Crippen molar-refractivity contribution in [2.24, 2.45) is 0 Å². The molecule has 2 heterocycles. The fraction of sp³-hybridized carbons (Fsp3) is 0.125. The molecule has 0 spiro atoms. The zero-order chi connectivity index (χ0) is 14.7. The zero-order valence-corrected chi connectivity index (χ0v) is 12.2. The monoisotopic (exact) mass is 299 g/mol. The molecule has 0 saturated heterocycles. The van der Waals surface area contributed by atoms with E-state index in [1.807, 2.05) is 41.8 Å². The summed E-state index contributed by atoms with van der Waals surface area (Å²) in [4.78, 5) is 16.0. The van der Waals surface area contributed by atoms with Crippen molar-refractivity contribution in [3.05, 3.63) is 59.2 Å². The van der Waals surface area contributed by atoms with E-state index < -0.39 is 5.97 Å². The quantitative estimate of drug-likeness (QED) is 0.690. The summed E-state index contributed by atoms with van der Waals surface area (Å²) >= 11 is 1.52. The fourth-order valence-corrected chi connectivity index (χ4v) is 2.88. The summed E-state index contributed by atoms with van der Waals surface area (Å²) in [5, 5.41) is 2.90. The van der Waals surface area contributed by atoms with E-state index in [1.54, 1.807) is 6.20 Å². The first-order valence-electron chi connectivity index (χ1n) is 6.41. The van der Waals surface area contributed by atoms with E-state index in [4.69, 9.17) is 9.47 Å². The number of esters is 1. The molecule has 0 radical (unpaired) electrons. The molecule has 0 N–H and O–H groups in total. The van der Waals surface area contributed by atoms with Crippen LogP contribution in [0.5, 0.6) is 5.75 Å². The highest BCUT2D eigenvalue weighted by Gasteiger charge is 2.19. The summed E-state index contributed by atoms with van der Waals surface area (Å²) in [5.41, 5.74) is 1.24. The van der Waals surface area contributed by atoms with Gasteiger partial charge >= 0.3 is 5.97 Å². The minimum atomic E-state index is -0.492. The molecule has 0 atom stereocenters. The molecular weight excluding hydrogens is 286 g/mol. The first-order chi connectivity index (χ1) is 10.3. The second-order valence-electron chi connectivity index (χ2n) is 4.41. The van der Waals surface area contributed by atoms with E-state index in [1.165, 1.54) is 18.4 Å². The molecule has 106 valence electrons. The third-order valence-corrected chi connectivity index (χ3v) is 3.98. The first-order valence-corrected chi connectivity index (χ1v) is 7.29. The van der Waals surface area contributed by atoms with Gasteiger partial charge in [0.1, 0.15) is 6.61 Å². The minimum Gasteiger partial charge on any atom is -0.485 e. The second-order valence-corrected chi connectivity index (χ2v) is 5.32. The Morgan fingerprint density at radius 3 is 2.81 bits per heavy atom. The van der Waals surface area contributed by atoms with Gasteiger partial charge in [-0.2, -0.15) is 0 Å². The predicted octanol–water partition coefficient (Wildman–Crippen LogP) is 3.66. The van der Waals surface area contributed by atoms with Gasteiger partial charge in [-0.05, 0) is 17.0 Å². The Kier molecular flexibility index (Phi) is 3.83. The van der Waals surface area contributed by atoms with Crippen molar-refractivity contribution in [2.45, 2.75) is 6.61 Å². The van der Waals surface area contributed by atoms with Crippen LogP contribution in [0, 0.1) is 0 Å². The van der Waals surface area contributed by atoms with E-state index >= 15 is 0 Å². The molecule has 0 aliphatic heterocycles. The maximum atomic E-state index is 11.9. The Hall–Kier alpha value is -2.40. The van der Waals surface area contributed by atoms with Gasteiger partial charge in [0.2, 0.25) is 0 Å². The third kappa shape index (κ3) is 2.73. The summed E-state index contributed by atoms with van der Waals surface area (Å²) in [5.74, 6) is -0.00781. The Morgan fingerprint density at radius 1 is 1.24 bits per heavy atom. The Morgan fingerprint density at radius 2 is 2.05 bits per heavy atom. The summed E-state index contributed by atoms with van der Waals surface area (Å²) in [6, 6.07) is 11.7. The Balaban J connectivity index is 1.98. The van der Waals surface area contributed by atoms with E-state index in [2.05, 4.69) is 4.98 Å². The third-order valence-electron chi connectivity index (χ3n) is 3.05. The van der Waals surface area contributed by atoms with Gasteiger partial charge in [-0.1, -0.05) is 30.3 Å².